The predicted molar refractivity (Wildman–Crippen MR) is 152 cm³/mol. The Kier molecular flexibility index (Phi) is 8.46. The summed E-state index contributed by atoms with van der Waals surface area (Å²) in [7, 11) is 37.5. The van der Waals surface area contributed by atoms with Crippen LogP contribution in [0.4, 0.5) is 17.1 Å². The van der Waals surface area contributed by atoms with E-state index >= 15 is 0 Å². The average Bonchev–Trinajstić information content (AvgIpc) is 2.67. The van der Waals surface area contributed by atoms with E-state index < -0.39 is 24.6 Å². The third-order valence-electron chi connectivity index (χ3n) is 4.38. The minimum atomic E-state index is -2.37. The van der Waals surface area contributed by atoms with Crippen molar-refractivity contribution < 1.29 is 0 Å². The second kappa shape index (κ2) is 10.0. The van der Waals surface area contributed by atoms with Gasteiger partial charge in [-0.1, -0.05) is 16.9 Å². The number of hydrogen-bond donors (Lipinski definition) is 0. The zero-order valence-electron chi connectivity index (χ0n) is 16.2. The second-order valence-electron chi connectivity index (χ2n) is 6.67. The molecule has 0 fully saturated rings. The van der Waals surface area contributed by atoms with Crippen molar-refractivity contribution in [3.63, 3.8) is 0 Å². The molecule has 0 bridgehead atoms. The third-order valence-corrected chi connectivity index (χ3v) is 11.1. The number of benzene rings is 3. The Bertz CT molecular complexity index is 887. The molecule has 31 heavy (non-hydrogen) atoms. The van der Waals surface area contributed by atoms with Crippen molar-refractivity contribution in [1.29, 1.82) is 0 Å². The zero-order valence-corrected chi connectivity index (χ0v) is 24.0. The molecule has 0 saturated carbocycles. The van der Waals surface area contributed by atoms with Gasteiger partial charge in [-0.3, -0.25) is 0 Å². The lowest BCUT2D eigenvalue weighted by Crippen LogP contribution is -2.10. The number of hydrogen-bond acceptors (Lipinski definition) is 1. The smallest absolute Gasteiger partial charge is 0.0462 e. The quantitative estimate of drug-likeness (QED) is 0.266. The molecule has 0 amide bonds. The van der Waals surface area contributed by atoms with Gasteiger partial charge in [0.15, 0.2) is 0 Å². The first-order chi connectivity index (χ1) is 14.3. The highest BCUT2D eigenvalue weighted by Gasteiger charge is 2.20. The van der Waals surface area contributed by atoms with Gasteiger partial charge in [-0.15, -0.1) is 0 Å². The highest BCUT2D eigenvalue weighted by Crippen LogP contribution is 2.69. The molecule has 0 N–H and O–H groups in total. The van der Waals surface area contributed by atoms with Gasteiger partial charge in [-0.05, 0) is 160 Å². The Morgan fingerprint density at radius 1 is 0.452 bits per heavy atom. The Balaban J connectivity index is 2.08. The van der Waals surface area contributed by atoms with Crippen molar-refractivity contribution in [3.8, 4) is 0 Å². The van der Waals surface area contributed by atoms with Crippen LogP contribution in [-0.2, 0) is 0 Å². The molecule has 0 atom stereocenters. The Morgan fingerprint density at radius 3 is 0.935 bits per heavy atom. The first kappa shape index (κ1) is 26.2. The maximum absolute atomic E-state index is 6.32. The van der Waals surface area contributed by atoms with Crippen LogP contribution >= 0.6 is 99.4 Å². The molecule has 0 spiro atoms. The van der Waals surface area contributed by atoms with E-state index in [9.17, 15) is 0 Å². The molecule has 3 aromatic rings. The molecule has 0 aliphatic heterocycles. The Morgan fingerprint density at radius 2 is 0.710 bits per heavy atom. The largest absolute Gasteiger partial charge is 0.311 e. The molecule has 1 nitrogen and oxygen atoms in total. The molecule has 0 saturated heterocycles. The van der Waals surface area contributed by atoms with E-state index in [0.717, 1.165) is 26.9 Å². The average molecular weight is 617 g/mol. The van der Waals surface area contributed by atoms with Gasteiger partial charge >= 0.3 is 0 Å². The van der Waals surface area contributed by atoms with E-state index in [2.05, 4.69) is 4.90 Å². The molecule has 0 aliphatic rings. The summed E-state index contributed by atoms with van der Waals surface area (Å²) in [6.07, 6.45) is 3.63. The van der Waals surface area contributed by atoms with Crippen molar-refractivity contribution in [1.82, 2.24) is 0 Å². The summed E-state index contributed by atoms with van der Waals surface area (Å²) in [6.45, 7) is 0. The summed E-state index contributed by atoms with van der Waals surface area (Å²) >= 11 is 0. The van der Waals surface area contributed by atoms with Crippen LogP contribution in [0, 0.1) is 0 Å². The van der Waals surface area contributed by atoms with Crippen LogP contribution in [0.25, 0.3) is 0 Å². The van der Waals surface area contributed by atoms with Crippen LogP contribution in [0.15, 0.2) is 87.5 Å². The third kappa shape index (κ3) is 6.79. The minimum Gasteiger partial charge on any atom is -0.311 e. The monoisotopic (exact) mass is 613 g/mol. The van der Waals surface area contributed by atoms with Gasteiger partial charge in [-0.2, -0.15) is 0 Å². The first-order valence-corrected chi connectivity index (χ1v) is 20.1. The summed E-state index contributed by atoms with van der Waals surface area (Å²) in [4.78, 5) is 4.51. The summed E-state index contributed by atoms with van der Waals surface area (Å²) < 4.78 is 0. The molecule has 3 aromatic carbocycles. The van der Waals surface area contributed by atoms with Gasteiger partial charge in [0.2, 0.25) is 0 Å². The lowest BCUT2D eigenvalue weighted by atomic mass is 10.2. The van der Waals surface area contributed by atoms with Gasteiger partial charge in [0, 0.05) is 39.4 Å². The summed E-state index contributed by atoms with van der Waals surface area (Å²) in [5, 5.41) is 0. The molecule has 11 heteroatoms. The molecule has 3 rings (SSSR count). The van der Waals surface area contributed by atoms with Crippen LogP contribution in [0.2, 0.25) is 0 Å². The van der Waals surface area contributed by atoms with Crippen LogP contribution in [-0.4, -0.2) is 12.5 Å². The maximum Gasteiger partial charge on any atom is 0.0462 e. The van der Waals surface area contributed by atoms with Gasteiger partial charge in [0.25, 0.3) is 0 Å². The van der Waals surface area contributed by atoms with Gasteiger partial charge in [0.05, 0.1) is 0 Å². The SMILES string of the molecule is CS(Cl)(Cl)c1ccc(N(c2ccc(S(C)(Cl)Cl)cc2)c2ccc(S(Cl)(Cl)Cl)cc2)cc1. The fourth-order valence-corrected chi connectivity index (χ4v) is 6.70. The Hall–Kier alpha value is 0.540. The van der Waals surface area contributed by atoms with Crippen LogP contribution in [0.5, 0.6) is 0 Å². The van der Waals surface area contributed by atoms with Gasteiger partial charge in [-0.25, -0.2) is 0 Å². The molecule has 0 aromatic heterocycles. The minimum absolute atomic E-state index is 0.666. The fourth-order valence-electron chi connectivity index (χ4n) is 2.87. The van der Waals surface area contributed by atoms with E-state index in [4.69, 9.17) is 74.8 Å². The summed E-state index contributed by atoms with van der Waals surface area (Å²) in [6, 6.07) is 23.1. The number of anilines is 3. The zero-order chi connectivity index (χ0) is 23.0. The van der Waals surface area contributed by atoms with Gasteiger partial charge < -0.3 is 4.90 Å². The van der Waals surface area contributed by atoms with Crippen molar-refractivity contribution in [2.24, 2.45) is 0 Å². The van der Waals surface area contributed by atoms with Crippen molar-refractivity contribution in [3.05, 3.63) is 72.8 Å². The van der Waals surface area contributed by atoms with Crippen molar-refractivity contribution in [2.45, 2.75) is 14.7 Å². The topological polar surface area (TPSA) is 3.24 Å². The Labute approximate surface area is 219 Å². The highest BCUT2D eigenvalue weighted by atomic mass is 36.2. The van der Waals surface area contributed by atoms with Crippen LogP contribution in [0.1, 0.15) is 0 Å². The molecule has 0 unspecified atom stereocenters. The molecule has 0 radical (unpaired) electrons. The maximum atomic E-state index is 6.32. The van der Waals surface area contributed by atoms with E-state index in [1.807, 2.05) is 85.3 Å². The van der Waals surface area contributed by atoms with Crippen LogP contribution < -0.4 is 4.90 Å². The van der Waals surface area contributed by atoms with E-state index in [1.54, 1.807) is 0 Å². The van der Waals surface area contributed by atoms with Crippen molar-refractivity contribution in [2.75, 3.05) is 17.4 Å². The lowest BCUT2D eigenvalue weighted by molar-refractivity contribution is 1.25. The van der Waals surface area contributed by atoms with Gasteiger partial charge in [0.1, 0.15) is 0 Å². The van der Waals surface area contributed by atoms with E-state index in [-0.39, 0.29) is 0 Å². The highest BCUT2D eigenvalue weighted by molar-refractivity contribution is 8.79. The molecular formula is C20H18Cl7NS3. The lowest BCUT2D eigenvalue weighted by Gasteiger charge is -2.28. The summed E-state index contributed by atoms with van der Waals surface area (Å²) in [5.74, 6) is 0. The second-order valence-corrected chi connectivity index (χ2v) is 25.7. The number of halogens is 7. The molecule has 0 heterocycles. The van der Waals surface area contributed by atoms with Crippen LogP contribution in [0.3, 0.4) is 0 Å². The fraction of sp³-hybridized carbons (Fsp3) is 0.100. The molecular weight excluding hydrogens is 599 g/mol. The number of nitrogens with zero attached hydrogens (tertiary/aromatic N) is 1. The molecule has 170 valence electrons. The normalized spacial score (nSPS) is 14.2. The first-order valence-electron chi connectivity index (χ1n) is 8.64. The standard InChI is InChI=1S/C20H18Cl7NS3/c1-29(21,22)18-9-3-15(4-10-18)28(16-5-11-19(12-6-16)30(2,23)24)17-7-13-20(14-8-17)31(25,26)27/h3-14H,1-2H3. The summed E-state index contributed by atoms with van der Waals surface area (Å²) in [5.41, 5.74) is 2.75. The van der Waals surface area contributed by atoms with Crippen molar-refractivity contribution >= 4 is 116 Å². The van der Waals surface area contributed by atoms with E-state index in [0.29, 0.717) is 4.90 Å². The number of rotatable bonds is 6. The molecule has 0 aliphatic carbocycles. The predicted octanol–water partition coefficient (Wildman–Crippen LogP) is 12.0. The van der Waals surface area contributed by atoms with E-state index in [1.165, 1.54) is 0 Å².